The zero-order valence-electron chi connectivity index (χ0n) is 19.3. The molecule has 2 unspecified atom stereocenters. The highest BCUT2D eigenvalue weighted by atomic mass is 127. The van der Waals surface area contributed by atoms with Crippen molar-refractivity contribution in [3.05, 3.63) is 91.2 Å². The van der Waals surface area contributed by atoms with Crippen LogP contribution in [0.5, 0.6) is 0 Å². The Hall–Kier alpha value is -3.52. The van der Waals surface area contributed by atoms with Gasteiger partial charge in [-0.05, 0) is 64.6 Å². The number of rotatable bonds is 4. The third-order valence-corrected chi connectivity index (χ3v) is 7.60. The molecular formula is C25H18ClF3IN3O5. The van der Waals surface area contributed by atoms with Gasteiger partial charge in [0.15, 0.2) is 0 Å². The van der Waals surface area contributed by atoms with E-state index in [1.165, 1.54) is 30.4 Å². The maximum Gasteiger partial charge on any atom is 0.417 e. The van der Waals surface area contributed by atoms with Gasteiger partial charge in [0.25, 0.3) is 5.91 Å². The summed E-state index contributed by atoms with van der Waals surface area (Å²) in [4.78, 5) is 38.0. The lowest BCUT2D eigenvalue weighted by Gasteiger charge is -2.28. The summed E-state index contributed by atoms with van der Waals surface area (Å²) in [5.74, 6) is -2.60. The Labute approximate surface area is 232 Å². The number of carbonyl (C=O) groups is 3. The van der Waals surface area contributed by atoms with Gasteiger partial charge >= 0.3 is 18.2 Å². The number of benzene rings is 2. The Bertz CT molecular complexity index is 1440. The van der Waals surface area contributed by atoms with Gasteiger partial charge in [0.05, 0.1) is 27.9 Å². The predicted octanol–water partition coefficient (Wildman–Crippen LogP) is 5.82. The van der Waals surface area contributed by atoms with Crippen LogP contribution in [0.25, 0.3) is 5.70 Å². The van der Waals surface area contributed by atoms with Crippen LogP contribution in [0.2, 0.25) is 5.02 Å². The van der Waals surface area contributed by atoms with E-state index in [-0.39, 0.29) is 34.5 Å². The van der Waals surface area contributed by atoms with Crippen LogP contribution in [0.3, 0.4) is 0 Å². The molecule has 0 aromatic heterocycles. The standard InChI is InChI=1S/C25H18ClF3IN3O5/c1-33-18-10-19(34)15(23(36)37)9-14(18)20(30)21(33)11-2-4-12(5-3-11)22(35)32-24(38)31-13-6-7-17(26)16(8-13)25(27,28)29/h2-10,14,18,34H,1H3,(H,36,37)(H2,31,32,35,38). The van der Waals surface area contributed by atoms with E-state index in [1.54, 1.807) is 19.2 Å². The first kappa shape index (κ1) is 27.5. The molecule has 4 N–H and O–H groups in total. The number of aliphatic hydroxyl groups excluding tert-OH is 1. The molecule has 0 radical (unpaired) electrons. The number of hydrogen-bond donors (Lipinski definition) is 4. The number of carboxylic acids is 1. The maximum absolute atomic E-state index is 13.0. The molecule has 13 heteroatoms. The Kier molecular flexibility index (Phi) is 7.48. The Morgan fingerprint density at radius 2 is 1.74 bits per heavy atom. The normalized spacial score (nSPS) is 18.9. The molecule has 0 bridgehead atoms. The average Bonchev–Trinajstić information content (AvgIpc) is 3.07. The fourth-order valence-corrected chi connectivity index (χ4v) is 5.69. The van der Waals surface area contributed by atoms with E-state index in [0.29, 0.717) is 11.6 Å². The zero-order valence-corrected chi connectivity index (χ0v) is 22.2. The molecule has 4 rings (SSSR count). The molecule has 2 atom stereocenters. The number of urea groups is 1. The first-order valence-corrected chi connectivity index (χ1v) is 12.3. The minimum atomic E-state index is -4.72. The van der Waals surface area contributed by atoms with Crippen molar-refractivity contribution >= 4 is 63.5 Å². The number of nitrogens with one attached hydrogen (secondary N) is 2. The Morgan fingerprint density at radius 1 is 1.08 bits per heavy atom. The van der Waals surface area contributed by atoms with Crippen molar-refractivity contribution < 1.29 is 37.8 Å². The predicted molar refractivity (Wildman–Crippen MR) is 142 cm³/mol. The van der Waals surface area contributed by atoms with Gasteiger partial charge in [-0.1, -0.05) is 29.8 Å². The van der Waals surface area contributed by atoms with E-state index in [1.807, 2.05) is 4.90 Å². The van der Waals surface area contributed by atoms with Crippen molar-refractivity contribution in [3.63, 3.8) is 0 Å². The quantitative estimate of drug-likeness (QED) is 0.307. The molecule has 0 saturated heterocycles. The molecule has 1 aliphatic heterocycles. The second-order valence-corrected chi connectivity index (χ2v) is 10.0. The van der Waals surface area contributed by atoms with Gasteiger partial charge < -0.3 is 20.4 Å². The van der Waals surface area contributed by atoms with Crippen LogP contribution in [-0.4, -0.2) is 46.1 Å². The molecule has 2 aromatic rings. The van der Waals surface area contributed by atoms with E-state index in [9.17, 15) is 37.8 Å². The summed E-state index contributed by atoms with van der Waals surface area (Å²) in [6, 6.07) is 7.74. The first-order chi connectivity index (χ1) is 17.8. The lowest BCUT2D eigenvalue weighted by atomic mass is 9.91. The largest absolute Gasteiger partial charge is 0.507 e. The monoisotopic (exact) mass is 659 g/mol. The first-order valence-electron chi connectivity index (χ1n) is 10.9. The van der Waals surface area contributed by atoms with E-state index in [4.69, 9.17) is 11.6 Å². The number of amides is 3. The van der Waals surface area contributed by atoms with Crippen molar-refractivity contribution in [2.24, 2.45) is 5.92 Å². The number of carboxylic acid groups (broad SMARTS) is 1. The summed E-state index contributed by atoms with van der Waals surface area (Å²) in [6.07, 6.45) is -1.72. The van der Waals surface area contributed by atoms with Gasteiger partial charge in [0.2, 0.25) is 0 Å². The van der Waals surface area contributed by atoms with E-state index >= 15 is 0 Å². The number of carbonyl (C=O) groups excluding carboxylic acids is 2. The number of anilines is 1. The maximum atomic E-state index is 13.0. The van der Waals surface area contributed by atoms with Crippen LogP contribution in [0.15, 0.2) is 69.5 Å². The molecule has 0 saturated carbocycles. The number of hydrogen-bond acceptors (Lipinski definition) is 5. The lowest BCUT2D eigenvalue weighted by Crippen LogP contribution is -2.34. The van der Waals surface area contributed by atoms with E-state index in [0.717, 1.165) is 15.3 Å². The van der Waals surface area contributed by atoms with Crippen molar-refractivity contribution in [2.45, 2.75) is 12.2 Å². The number of imide groups is 1. The highest BCUT2D eigenvalue weighted by Crippen LogP contribution is 2.46. The molecular weight excluding hydrogens is 642 g/mol. The molecule has 2 aromatic carbocycles. The molecule has 8 nitrogen and oxygen atoms in total. The molecule has 0 spiro atoms. The fourth-order valence-electron chi connectivity index (χ4n) is 4.23. The van der Waals surface area contributed by atoms with Gasteiger partial charge in [-0.2, -0.15) is 13.2 Å². The van der Waals surface area contributed by atoms with Crippen LogP contribution in [0.1, 0.15) is 21.5 Å². The van der Waals surface area contributed by atoms with Gasteiger partial charge in [0.1, 0.15) is 5.76 Å². The molecule has 0 fully saturated rings. The second kappa shape index (κ2) is 10.3. The summed E-state index contributed by atoms with van der Waals surface area (Å²) in [5, 5.41) is 23.1. The minimum Gasteiger partial charge on any atom is -0.507 e. The van der Waals surface area contributed by atoms with Crippen molar-refractivity contribution in [1.82, 2.24) is 10.2 Å². The topological polar surface area (TPSA) is 119 Å². The Balaban J connectivity index is 1.47. The molecule has 3 amide bonds. The minimum absolute atomic E-state index is 0.121. The Morgan fingerprint density at radius 3 is 2.34 bits per heavy atom. The van der Waals surface area contributed by atoms with Gasteiger partial charge in [-0.3, -0.25) is 10.1 Å². The number of aliphatic carboxylic acids is 1. The van der Waals surface area contributed by atoms with Crippen LogP contribution in [0.4, 0.5) is 23.7 Å². The number of halogens is 5. The summed E-state index contributed by atoms with van der Waals surface area (Å²) in [6.45, 7) is 0. The van der Waals surface area contributed by atoms with Crippen LogP contribution in [0, 0.1) is 5.92 Å². The number of fused-ring (bicyclic) bond motifs is 1. The smallest absolute Gasteiger partial charge is 0.417 e. The van der Waals surface area contributed by atoms with Gasteiger partial charge in [-0.25, -0.2) is 9.59 Å². The summed E-state index contributed by atoms with van der Waals surface area (Å²) in [7, 11) is 1.80. The molecule has 1 heterocycles. The summed E-state index contributed by atoms with van der Waals surface area (Å²) in [5.41, 5.74) is 0.116. The van der Waals surface area contributed by atoms with Crippen molar-refractivity contribution in [3.8, 4) is 0 Å². The molecule has 1 aliphatic carbocycles. The number of alkyl halides is 3. The SMILES string of the molecule is CN1C(c2ccc(C(=O)NC(=O)Nc3ccc(Cl)c(C(F)(F)F)c3)cc2)=C(I)C2C=C(C(=O)O)C(O)=CC21. The highest BCUT2D eigenvalue weighted by Gasteiger charge is 2.40. The van der Waals surface area contributed by atoms with E-state index in [2.05, 4.69) is 33.2 Å². The molecule has 198 valence electrons. The van der Waals surface area contributed by atoms with Crippen molar-refractivity contribution in [1.29, 1.82) is 0 Å². The zero-order chi connectivity index (χ0) is 27.9. The van der Waals surface area contributed by atoms with Gasteiger partial charge in [0, 0.05) is 27.8 Å². The number of likely N-dealkylation sites (N-methyl/N-ethyl adjacent to an activating group) is 1. The summed E-state index contributed by atoms with van der Waals surface area (Å²) < 4.78 is 39.9. The third kappa shape index (κ3) is 5.36. The van der Waals surface area contributed by atoms with Gasteiger partial charge in [-0.15, -0.1) is 0 Å². The second-order valence-electron chi connectivity index (χ2n) is 8.44. The van der Waals surface area contributed by atoms with Crippen LogP contribution >= 0.6 is 34.2 Å². The molecule has 38 heavy (non-hydrogen) atoms. The number of nitrogens with zero attached hydrogens (tertiary/aromatic N) is 1. The van der Waals surface area contributed by atoms with Crippen molar-refractivity contribution in [2.75, 3.05) is 12.4 Å². The van der Waals surface area contributed by atoms with Crippen LogP contribution < -0.4 is 10.6 Å². The fraction of sp³-hybridized carbons (Fsp3) is 0.160. The number of aliphatic hydroxyl groups is 1. The van der Waals surface area contributed by atoms with E-state index < -0.39 is 34.7 Å². The van der Waals surface area contributed by atoms with Crippen LogP contribution in [-0.2, 0) is 11.0 Å². The molecule has 2 aliphatic rings. The third-order valence-electron chi connectivity index (χ3n) is 6.05. The lowest BCUT2D eigenvalue weighted by molar-refractivity contribution is -0.137. The highest BCUT2D eigenvalue weighted by molar-refractivity contribution is 14.1. The summed E-state index contributed by atoms with van der Waals surface area (Å²) >= 11 is 7.70. The average molecular weight is 660 g/mol.